The SMILES string of the molecule is C=C(C)C(=O)OCCC[SiH](C)C[Si](C)(C)OCCOCCO. The van der Waals surface area contributed by atoms with Crippen LogP contribution >= 0.6 is 0 Å². The molecule has 0 amide bonds. The van der Waals surface area contributed by atoms with Crippen LogP contribution in [0.15, 0.2) is 12.2 Å². The molecule has 1 unspecified atom stereocenters. The van der Waals surface area contributed by atoms with Crippen molar-refractivity contribution in [3.8, 4) is 0 Å². The van der Waals surface area contributed by atoms with Crippen LogP contribution < -0.4 is 0 Å². The first kappa shape index (κ1) is 21.5. The zero-order valence-electron chi connectivity index (χ0n) is 14.5. The predicted molar refractivity (Wildman–Crippen MR) is 94.4 cm³/mol. The van der Waals surface area contributed by atoms with Crippen molar-refractivity contribution in [2.45, 2.75) is 44.7 Å². The Morgan fingerprint density at radius 3 is 2.50 bits per heavy atom. The molecule has 1 N–H and O–H groups in total. The van der Waals surface area contributed by atoms with Gasteiger partial charge in [-0.05, 0) is 32.1 Å². The zero-order chi connectivity index (χ0) is 17.0. The van der Waals surface area contributed by atoms with Crippen molar-refractivity contribution >= 4 is 23.1 Å². The Balaban J connectivity index is 3.76. The molecule has 130 valence electrons. The predicted octanol–water partition coefficient (Wildman–Crippen LogP) is 2.12. The van der Waals surface area contributed by atoms with E-state index >= 15 is 0 Å². The van der Waals surface area contributed by atoms with E-state index in [9.17, 15) is 4.79 Å². The normalized spacial score (nSPS) is 13.0. The lowest BCUT2D eigenvalue weighted by atomic mass is 10.4. The Hall–Kier alpha value is -0.476. The molecule has 0 saturated heterocycles. The average Bonchev–Trinajstić information content (AvgIpc) is 2.42. The Kier molecular flexibility index (Phi) is 11.7. The van der Waals surface area contributed by atoms with E-state index in [-0.39, 0.29) is 12.6 Å². The highest BCUT2D eigenvalue weighted by Gasteiger charge is 2.25. The van der Waals surface area contributed by atoms with Gasteiger partial charge in [-0.15, -0.1) is 0 Å². The second-order valence-electron chi connectivity index (χ2n) is 6.31. The summed E-state index contributed by atoms with van der Waals surface area (Å²) in [7, 11) is -2.47. The molecule has 0 radical (unpaired) electrons. The first-order chi connectivity index (χ1) is 10.3. The molecule has 0 rings (SSSR count). The Bertz CT molecular complexity index is 334. The maximum atomic E-state index is 11.3. The molecule has 0 bridgehead atoms. The van der Waals surface area contributed by atoms with Gasteiger partial charge in [0.05, 0.1) is 33.0 Å². The number of aliphatic hydroxyl groups is 1. The summed E-state index contributed by atoms with van der Waals surface area (Å²) in [6.07, 6.45) is 0.927. The molecule has 0 aliphatic rings. The van der Waals surface area contributed by atoms with E-state index in [2.05, 4.69) is 26.2 Å². The van der Waals surface area contributed by atoms with Crippen molar-refractivity contribution in [1.82, 2.24) is 0 Å². The minimum absolute atomic E-state index is 0.0563. The molecule has 5 nitrogen and oxygen atoms in total. The molecule has 22 heavy (non-hydrogen) atoms. The maximum absolute atomic E-state index is 11.3. The van der Waals surface area contributed by atoms with E-state index in [1.165, 1.54) is 5.67 Å². The molecule has 0 saturated carbocycles. The number of carbonyl (C=O) groups is 1. The van der Waals surface area contributed by atoms with Crippen LogP contribution in [0.5, 0.6) is 0 Å². The topological polar surface area (TPSA) is 65.0 Å². The number of hydrogen-bond acceptors (Lipinski definition) is 5. The van der Waals surface area contributed by atoms with Gasteiger partial charge in [-0.2, -0.15) is 0 Å². The summed E-state index contributed by atoms with van der Waals surface area (Å²) < 4.78 is 16.3. The average molecular weight is 349 g/mol. The summed E-state index contributed by atoms with van der Waals surface area (Å²) >= 11 is 0. The van der Waals surface area contributed by atoms with Crippen molar-refractivity contribution < 1.29 is 23.8 Å². The van der Waals surface area contributed by atoms with Crippen LogP contribution in [0.4, 0.5) is 0 Å². The van der Waals surface area contributed by atoms with Crippen LogP contribution in [0.2, 0.25) is 31.4 Å². The second kappa shape index (κ2) is 12.0. The molecular formula is C15H32O5Si2. The van der Waals surface area contributed by atoms with Gasteiger partial charge in [0.15, 0.2) is 8.32 Å². The van der Waals surface area contributed by atoms with Crippen LogP contribution in [-0.2, 0) is 18.7 Å². The van der Waals surface area contributed by atoms with Gasteiger partial charge in [0, 0.05) is 14.4 Å². The number of ether oxygens (including phenoxy) is 2. The maximum Gasteiger partial charge on any atom is 0.333 e. The molecule has 0 aliphatic carbocycles. The minimum atomic E-state index is -1.63. The third-order valence-corrected chi connectivity index (χ3v) is 12.3. The largest absolute Gasteiger partial charge is 0.462 e. The third-order valence-electron chi connectivity index (χ3n) is 3.22. The lowest BCUT2D eigenvalue weighted by molar-refractivity contribution is -0.138. The van der Waals surface area contributed by atoms with Crippen LogP contribution in [0, 0.1) is 0 Å². The Labute approximate surface area is 137 Å². The molecule has 0 spiro atoms. The monoisotopic (exact) mass is 348 g/mol. The van der Waals surface area contributed by atoms with Crippen LogP contribution in [0.25, 0.3) is 0 Å². The van der Waals surface area contributed by atoms with Crippen LogP contribution in [0.1, 0.15) is 13.3 Å². The number of aliphatic hydroxyl groups excluding tert-OH is 1. The summed E-state index contributed by atoms with van der Waals surface area (Å²) in [6.45, 7) is 14.1. The standard InChI is InChI=1S/C15H32O5Si2/c1-14(2)15(17)19-8-6-12-21(3)13-22(4,5)20-11-10-18-9-7-16/h16,21H,1,6-13H2,2-5H3. The van der Waals surface area contributed by atoms with Crippen LogP contribution in [0.3, 0.4) is 0 Å². The molecule has 0 aromatic rings. The van der Waals surface area contributed by atoms with E-state index < -0.39 is 17.1 Å². The fraction of sp³-hybridized carbons (Fsp3) is 0.800. The molecule has 0 heterocycles. The van der Waals surface area contributed by atoms with Crippen molar-refractivity contribution in [1.29, 1.82) is 0 Å². The summed E-state index contributed by atoms with van der Waals surface area (Å²) in [4.78, 5) is 11.3. The minimum Gasteiger partial charge on any atom is -0.462 e. The smallest absolute Gasteiger partial charge is 0.333 e. The molecule has 7 heteroatoms. The van der Waals surface area contributed by atoms with E-state index in [0.717, 1.165) is 12.5 Å². The second-order valence-corrected chi connectivity index (χ2v) is 14.5. The molecular weight excluding hydrogens is 316 g/mol. The quantitative estimate of drug-likeness (QED) is 0.239. The van der Waals surface area contributed by atoms with E-state index in [4.69, 9.17) is 19.0 Å². The van der Waals surface area contributed by atoms with Gasteiger partial charge in [0.25, 0.3) is 0 Å². The lowest BCUT2D eigenvalue weighted by Crippen LogP contribution is -2.36. The highest BCUT2D eigenvalue weighted by atomic mass is 28.4. The van der Waals surface area contributed by atoms with Gasteiger partial charge in [-0.25, -0.2) is 4.79 Å². The van der Waals surface area contributed by atoms with Gasteiger partial charge in [-0.1, -0.05) is 19.2 Å². The van der Waals surface area contributed by atoms with E-state index in [0.29, 0.717) is 32.0 Å². The molecule has 0 aromatic carbocycles. The fourth-order valence-electron chi connectivity index (χ4n) is 2.26. The van der Waals surface area contributed by atoms with E-state index in [1.807, 2.05) is 0 Å². The van der Waals surface area contributed by atoms with Gasteiger partial charge < -0.3 is 19.0 Å². The van der Waals surface area contributed by atoms with Gasteiger partial charge in [0.2, 0.25) is 0 Å². The molecule has 1 atom stereocenters. The summed E-state index contributed by atoms with van der Waals surface area (Å²) in [5.74, 6) is -0.296. The summed E-state index contributed by atoms with van der Waals surface area (Å²) in [6, 6.07) is 1.16. The van der Waals surface area contributed by atoms with Crippen molar-refractivity contribution in [2.75, 3.05) is 33.0 Å². The van der Waals surface area contributed by atoms with E-state index in [1.54, 1.807) is 6.92 Å². The number of esters is 1. The first-order valence-electron chi connectivity index (χ1n) is 7.93. The van der Waals surface area contributed by atoms with Crippen molar-refractivity contribution in [2.24, 2.45) is 0 Å². The molecule has 0 fully saturated rings. The van der Waals surface area contributed by atoms with Crippen molar-refractivity contribution in [3.63, 3.8) is 0 Å². The summed E-state index contributed by atoms with van der Waals surface area (Å²) in [5, 5.41) is 8.62. The Morgan fingerprint density at radius 1 is 1.23 bits per heavy atom. The summed E-state index contributed by atoms with van der Waals surface area (Å²) in [5.41, 5.74) is 1.66. The molecule has 0 aromatic heterocycles. The Morgan fingerprint density at radius 2 is 1.91 bits per heavy atom. The highest BCUT2D eigenvalue weighted by Crippen LogP contribution is 2.16. The van der Waals surface area contributed by atoms with Gasteiger partial charge >= 0.3 is 5.97 Å². The van der Waals surface area contributed by atoms with Gasteiger partial charge in [-0.3, -0.25) is 0 Å². The van der Waals surface area contributed by atoms with Crippen molar-refractivity contribution in [3.05, 3.63) is 12.2 Å². The first-order valence-corrected chi connectivity index (χ1v) is 13.8. The third kappa shape index (κ3) is 12.1. The highest BCUT2D eigenvalue weighted by molar-refractivity contribution is 6.84. The number of carbonyl (C=O) groups excluding carboxylic acids is 1. The molecule has 0 aliphatic heterocycles. The fourth-order valence-corrected chi connectivity index (χ4v) is 11.8. The van der Waals surface area contributed by atoms with Crippen LogP contribution in [-0.4, -0.2) is 61.2 Å². The number of hydrogen-bond donors (Lipinski definition) is 1. The zero-order valence-corrected chi connectivity index (χ0v) is 16.7. The number of rotatable bonds is 13. The van der Waals surface area contributed by atoms with Gasteiger partial charge in [0.1, 0.15) is 0 Å². The lowest BCUT2D eigenvalue weighted by Gasteiger charge is -2.25.